The van der Waals surface area contributed by atoms with Crippen LogP contribution in [-0.4, -0.2) is 5.54 Å². The van der Waals surface area contributed by atoms with Gasteiger partial charge in [0.15, 0.2) is 0 Å². The van der Waals surface area contributed by atoms with Gasteiger partial charge in [-0.1, -0.05) is 48.0 Å². The van der Waals surface area contributed by atoms with Gasteiger partial charge in [0.05, 0.1) is 5.02 Å². The summed E-state index contributed by atoms with van der Waals surface area (Å²) in [7, 11) is 0. The molecular weight excluding hydrogens is 261 g/mol. The van der Waals surface area contributed by atoms with E-state index in [4.69, 9.17) is 17.3 Å². The van der Waals surface area contributed by atoms with Gasteiger partial charge in [-0.25, -0.2) is 4.39 Å². The number of benzene rings is 2. The second-order valence-electron chi connectivity index (χ2n) is 5.24. The SMILES string of the molecule is CC(N)(Cc1ccccc1)Cc1ccc(Cl)c(F)c1. The van der Waals surface area contributed by atoms with E-state index in [0.717, 1.165) is 12.0 Å². The van der Waals surface area contributed by atoms with Gasteiger partial charge >= 0.3 is 0 Å². The van der Waals surface area contributed by atoms with Crippen LogP contribution in [0.3, 0.4) is 0 Å². The van der Waals surface area contributed by atoms with Crippen molar-refractivity contribution in [1.82, 2.24) is 0 Å². The first-order valence-electron chi connectivity index (χ1n) is 6.23. The Morgan fingerprint density at radius 1 is 1.05 bits per heavy atom. The third kappa shape index (κ3) is 4.05. The van der Waals surface area contributed by atoms with Gasteiger partial charge in [0, 0.05) is 5.54 Å². The first kappa shape index (κ1) is 14.0. The minimum atomic E-state index is -0.415. The van der Waals surface area contributed by atoms with Gasteiger partial charge in [0.2, 0.25) is 0 Å². The fourth-order valence-electron chi connectivity index (χ4n) is 2.24. The molecule has 2 rings (SSSR count). The molecule has 0 saturated carbocycles. The van der Waals surface area contributed by atoms with Gasteiger partial charge in [-0.05, 0) is 43.0 Å². The first-order chi connectivity index (χ1) is 8.96. The molecule has 0 amide bonds. The van der Waals surface area contributed by atoms with Crippen LogP contribution in [-0.2, 0) is 12.8 Å². The maximum Gasteiger partial charge on any atom is 0.142 e. The Morgan fingerprint density at radius 3 is 2.32 bits per heavy atom. The molecule has 0 bridgehead atoms. The molecule has 0 radical (unpaired) electrons. The fraction of sp³-hybridized carbons (Fsp3) is 0.250. The summed E-state index contributed by atoms with van der Waals surface area (Å²) < 4.78 is 13.4. The lowest BCUT2D eigenvalue weighted by Crippen LogP contribution is -2.40. The highest BCUT2D eigenvalue weighted by Gasteiger charge is 2.20. The Morgan fingerprint density at radius 2 is 1.68 bits per heavy atom. The maximum atomic E-state index is 13.4. The molecule has 1 nitrogen and oxygen atoms in total. The number of rotatable bonds is 4. The van der Waals surface area contributed by atoms with E-state index in [1.54, 1.807) is 6.07 Å². The first-order valence-corrected chi connectivity index (χ1v) is 6.61. The zero-order chi connectivity index (χ0) is 13.9. The molecule has 0 heterocycles. The van der Waals surface area contributed by atoms with Gasteiger partial charge in [-0.3, -0.25) is 0 Å². The minimum absolute atomic E-state index is 0.144. The topological polar surface area (TPSA) is 26.0 Å². The molecule has 0 aromatic heterocycles. The van der Waals surface area contributed by atoms with Crippen LogP contribution in [0.5, 0.6) is 0 Å². The second-order valence-corrected chi connectivity index (χ2v) is 5.65. The lowest BCUT2D eigenvalue weighted by atomic mass is 9.87. The van der Waals surface area contributed by atoms with Crippen molar-refractivity contribution >= 4 is 11.6 Å². The van der Waals surface area contributed by atoms with Crippen LogP contribution in [0.1, 0.15) is 18.1 Å². The zero-order valence-electron chi connectivity index (χ0n) is 10.9. The average molecular weight is 278 g/mol. The monoisotopic (exact) mass is 277 g/mol. The molecule has 1 unspecified atom stereocenters. The molecule has 0 saturated heterocycles. The predicted molar refractivity (Wildman–Crippen MR) is 77.9 cm³/mol. The van der Waals surface area contributed by atoms with Crippen molar-refractivity contribution in [2.24, 2.45) is 5.73 Å². The molecule has 0 aliphatic carbocycles. The predicted octanol–water partition coefficient (Wildman–Crippen LogP) is 3.98. The van der Waals surface area contributed by atoms with Gasteiger partial charge in [-0.2, -0.15) is 0 Å². The Kier molecular flexibility index (Phi) is 4.23. The molecule has 3 heteroatoms. The van der Waals surface area contributed by atoms with E-state index in [-0.39, 0.29) is 5.02 Å². The van der Waals surface area contributed by atoms with Gasteiger partial charge in [0.25, 0.3) is 0 Å². The van der Waals surface area contributed by atoms with Crippen LogP contribution in [0.4, 0.5) is 4.39 Å². The fourth-order valence-corrected chi connectivity index (χ4v) is 2.36. The molecule has 19 heavy (non-hydrogen) atoms. The summed E-state index contributed by atoms with van der Waals surface area (Å²) in [5, 5.41) is 0.144. The summed E-state index contributed by atoms with van der Waals surface area (Å²) in [4.78, 5) is 0. The summed E-state index contributed by atoms with van der Waals surface area (Å²) >= 11 is 5.68. The van der Waals surface area contributed by atoms with E-state index in [0.29, 0.717) is 6.42 Å². The molecule has 2 aromatic rings. The van der Waals surface area contributed by atoms with Crippen LogP contribution in [0.25, 0.3) is 0 Å². The van der Waals surface area contributed by atoms with Gasteiger partial charge in [-0.15, -0.1) is 0 Å². The van der Waals surface area contributed by atoms with Crippen LogP contribution in [0, 0.1) is 5.82 Å². The number of halogens is 2. The lowest BCUT2D eigenvalue weighted by Gasteiger charge is -2.25. The van der Waals surface area contributed by atoms with Gasteiger partial charge < -0.3 is 5.73 Å². The highest BCUT2D eigenvalue weighted by Crippen LogP contribution is 2.20. The molecule has 0 fully saturated rings. The second kappa shape index (κ2) is 5.72. The number of hydrogen-bond acceptors (Lipinski definition) is 1. The van der Waals surface area contributed by atoms with Crippen LogP contribution in [0.15, 0.2) is 48.5 Å². The van der Waals surface area contributed by atoms with Crippen LogP contribution >= 0.6 is 11.6 Å². The molecule has 2 N–H and O–H groups in total. The number of nitrogens with two attached hydrogens (primary N) is 1. The Labute approximate surface area is 118 Å². The summed E-state index contributed by atoms with van der Waals surface area (Å²) in [6.07, 6.45) is 1.36. The van der Waals surface area contributed by atoms with E-state index < -0.39 is 11.4 Å². The Hall–Kier alpha value is -1.38. The smallest absolute Gasteiger partial charge is 0.142 e. The van der Waals surface area contributed by atoms with Crippen molar-refractivity contribution in [3.05, 3.63) is 70.5 Å². The average Bonchev–Trinajstić information content (AvgIpc) is 2.34. The molecule has 1 atom stereocenters. The van der Waals surface area contributed by atoms with Crippen molar-refractivity contribution < 1.29 is 4.39 Å². The Balaban J connectivity index is 2.10. The van der Waals surface area contributed by atoms with Crippen molar-refractivity contribution in [3.63, 3.8) is 0 Å². The summed E-state index contributed by atoms with van der Waals surface area (Å²) in [5.74, 6) is -0.394. The molecule has 0 aliphatic rings. The standard InChI is InChI=1S/C16H17ClFN/c1-16(19,10-12-5-3-2-4-6-12)11-13-7-8-14(17)15(18)9-13/h2-9H,10-11,19H2,1H3. The third-order valence-electron chi connectivity index (χ3n) is 3.04. The van der Waals surface area contributed by atoms with E-state index in [1.165, 1.54) is 11.6 Å². The van der Waals surface area contributed by atoms with Crippen molar-refractivity contribution in [2.75, 3.05) is 0 Å². The van der Waals surface area contributed by atoms with E-state index in [2.05, 4.69) is 0 Å². The van der Waals surface area contributed by atoms with Crippen molar-refractivity contribution in [3.8, 4) is 0 Å². The van der Waals surface area contributed by atoms with E-state index in [1.807, 2.05) is 43.3 Å². The van der Waals surface area contributed by atoms with Crippen LogP contribution < -0.4 is 5.73 Å². The highest BCUT2D eigenvalue weighted by molar-refractivity contribution is 6.30. The largest absolute Gasteiger partial charge is 0.325 e. The molecule has 100 valence electrons. The highest BCUT2D eigenvalue weighted by atomic mass is 35.5. The molecule has 2 aromatic carbocycles. The maximum absolute atomic E-state index is 13.4. The van der Waals surface area contributed by atoms with Crippen molar-refractivity contribution in [1.29, 1.82) is 0 Å². The summed E-state index contributed by atoms with van der Waals surface area (Å²) in [6.45, 7) is 1.98. The molecule has 0 spiro atoms. The van der Waals surface area contributed by atoms with Crippen molar-refractivity contribution in [2.45, 2.75) is 25.3 Å². The third-order valence-corrected chi connectivity index (χ3v) is 3.35. The number of hydrogen-bond donors (Lipinski definition) is 1. The van der Waals surface area contributed by atoms with Gasteiger partial charge in [0.1, 0.15) is 5.82 Å². The summed E-state index contributed by atoms with van der Waals surface area (Å²) in [5.41, 5.74) is 7.94. The quantitative estimate of drug-likeness (QED) is 0.899. The normalized spacial score (nSPS) is 14.1. The minimum Gasteiger partial charge on any atom is -0.325 e. The molecule has 0 aliphatic heterocycles. The van der Waals surface area contributed by atoms with E-state index >= 15 is 0 Å². The van der Waals surface area contributed by atoms with Crippen LogP contribution in [0.2, 0.25) is 5.02 Å². The lowest BCUT2D eigenvalue weighted by molar-refractivity contribution is 0.461. The molecular formula is C16H17ClFN. The zero-order valence-corrected chi connectivity index (χ0v) is 11.6. The van der Waals surface area contributed by atoms with E-state index in [9.17, 15) is 4.39 Å². The summed E-state index contributed by atoms with van der Waals surface area (Å²) in [6, 6.07) is 14.9. The Bertz CT molecular complexity index is 552.